The van der Waals surface area contributed by atoms with Crippen molar-refractivity contribution >= 4 is 17.9 Å². The quantitative estimate of drug-likeness (QED) is 0.602. The zero-order valence-electron chi connectivity index (χ0n) is 15.3. The molecule has 0 spiro atoms. The predicted molar refractivity (Wildman–Crippen MR) is 101 cm³/mol. The highest BCUT2D eigenvalue weighted by molar-refractivity contribution is 6.12. The first-order valence-electron chi connectivity index (χ1n) is 8.43. The van der Waals surface area contributed by atoms with E-state index in [4.69, 9.17) is 14.2 Å². The average Bonchev–Trinajstić information content (AvgIpc) is 2.98. The minimum absolute atomic E-state index is 0.255. The van der Waals surface area contributed by atoms with Crippen molar-refractivity contribution in [3.05, 3.63) is 64.3 Å². The van der Waals surface area contributed by atoms with E-state index in [0.29, 0.717) is 24.0 Å². The highest BCUT2D eigenvalue weighted by Gasteiger charge is 2.24. The second-order valence-corrected chi connectivity index (χ2v) is 5.98. The molecule has 0 fully saturated rings. The largest absolute Gasteiger partial charge is 0.493 e. The summed E-state index contributed by atoms with van der Waals surface area (Å²) in [7, 11) is 1.59. The number of nitrogens with zero attached hydrogens (tertiary/aromatic N) is 1. The van der Waals surface area contributed by atoms with Crippen molar-refractivity contribution in [1.82, 2.24) is 0 Å². The number of carbonyl (C=O) groups excluding carboxylic acids is 1. The summed E-state index contributed by atoms with van der Waals surface area (Å²) in [4.78, 5) is 16.5. The lowest BCUT2D eigenvalue weighted by atomic mass is 10.1. The van der Waals surface area contributed by atoms with Crippen molar-refractivity contribution in [2.45, 2.75) is 20.8 Å². The second-order valence-electron chi connectivity index (χ2n) is 5.98. The third kappa shape index (κ3) is 3.61. The third-order valence-electron chi connectivity index (χ3n) is 4.17. The van der Waals surface area contributed by atoms with Crippen molar-refractivity contribution < 1.29 is 19.0 Å². The van der Waals surface area contributed by atoms with Gasteiger partial charge in [-0.1, -0.05) is 12.1 Å². The summed E-state index contributed by atoms with van der Waals surface area (Å²) in [5.74, 6) is 1.12. The zero-order valence-corrected chi connectivity index (χ0v) is 15.3. The van der Waals surface area contributed by atoms with Gasteiger partial charge in [-0.2, -0.15) is 0 Å². The van der Waals surface area contributed by atoms with Crippen LogP contribution in [0.15, 0.2) is 47.1 Å². The van der Waals surface area contributed by atoms with E-state index in [2.05, 4.69) is 4.99 Å². The lowest BCUT2D eigenvalue weighted by molar-refractivity contribution is -0.129. The van der Waals surface area contributed by atoms with Gasteiger partial charge in [-0.05, 0) is 67.8 Å². The van der Waals surface area contributed by atoms with Crippen LogP contribution in [-0.4, -0.2) is 25.6 Å². The molecular weight excluding hydrogens is 330 g/mol. The summed E-state index contributed by atoms with van der Waals surface area (Å²) < 4.78 is 16.2. The zero-order chi connectivity index (χ0) is 18.7. The van der Waals surface area contributed by atoms with Crippen molar-refractivity contribution in [1.29, 1.82) is 0 Å². The van der Waals surface area contributed by atoms with E-state index in [9.17, 15) is 4.79 Å². The molecule has 2 aromatic carbocycles. The summed E-state index contributed by atoms with van der Waals surface area (Å²) in [6.45, 7) is 6.47. The fourth-order valence-corrected chi connectivity index (χ4v) is 2.62. The number of esters is 1. The minimum atomic E-state index is -0.466. The number of benzene rings is 2. The molecule has 0 saturated carbocycles. The molecule has 0 bridgehead atoms. The standard InChI is InChI=1S/C21H21NO4/c1-5-25-19-12-15(7-9-18(19)24-4)11-17-21(23)26-20(22-17)16-8-6-13(2)14(3)10-16/h6-12H,5H2,1-4H3/b17-11-. The van der Waals surface area contributed by atoms with E-state index in [-0.39, 0.29) is 5.70 Å². The van der Waals surface area contributed by atoms with Crippen molar-refractivity contribution in [2.24, 2.45) is 4.99 Å². The Kier molecular flexibility index (Phi) is 5.07. The van der Waals surface area contributed by atoms with Gasteiger partial charge in [0.15, 0.2) is 17.2 Å². The van der Waals surface area contributed by atoms with Gasteiger partial charge in [0.05, 0.1) is 13.7 Å². The summed E-state index contributed by atoms with van der Waals surface area (Å²) in [6.07, 6.45) is 1.68. The Labute approximate surface area is 152 Å². The topological polar surface area (TPSA) is 57.1 Å². The molecule has 1 heterocycles. The van der Waals surface area contributed by atoms with Gasteiger partial charge in [0, 0.05) is 5.56 Å². The van der Waals surface area contributed by atoms with Crippen molar-refractivity contribution in [2.75, 3.05) is 13.7 Å². The molecule has 0 unspecified atom stereocenters. The predicted octanol–water partition coefficient (Wildman–Crippen LogP) is 4.06. The highest BCUT2D eigenvalue weighted by Crippen LogP contribution is 2.29. The summed E-state index contributed by atoms with van der Waals surface area (Å²) in [6, 6.07) is 11.3. The maximum atomic E-state index is 12.2. The van der Waals surface area contributed by atoms with Crippen LogP contribution in [-0.2, 0) is 9.53 Å². The van der Waals surface area contributed by atoms with Crippen molar-refractivity contribution in [3.8, 4) is 11.5 Å². The Morgan fingerprint density at radius 3 is 2.58 bits per heavy atom. The van der Waals surface area contributed by atoms with Crippen LogP contribution in [0.25, 0.3) is 6.08 Å². The molecule has 134 valence electrons. The van der Waals surface area contributed by atoms with Gasteiger partial charge in [-0.25, -0.2) is 9.79 Å². The number of aryl methyl sites for hydroxylation is 2. The van der Waals surface area contributed by atoms with Crippen LogP contribution >= 0.6 is 0 Å². The number of methoxy groups -OCH3 is 1. The number of rotatable bonds is 5. The molecule has 0 N–H and O–H groups in total. The maximum absolute atomic E-state index is 12.2. The van der Waals surface area contributed by atoms with Crippen molar-refractivity contribution in [3.63, 3.8) is 0 Å². The van der Waals surface area contributed by atoms with E-state index >= 15 is 0 Å². The van der Waals surface area contributed by atoms with Gasteiger partial charge < -0.3 is 14.2 Å². The van der Waals surface area contributed by atoms with Gasteiger partial charge in [0.1, 0.15) is 0 Å². The maximum Gasteiger partial charge on any atom is 0.363 e. The normalized spacial score (nSPS) is 15.0. The van der Waals surface area contributed by atoms with Crippen LogP contribution in [0.3, 0.4) is 0 Å². The third-order valence-corrected chi connectivity index (χ3v) is 4.17. The molecule has 0 aliphatic carbocycles. The number of ether oxygens (including phenoxy) is 3. The molecule has 2 aromatic rings. The Bertz CT molecular complexity index is 912. The molecule has 0 aromatic heterocycles. The van der Waals surface area contributed by atoms with Crippen LogP contribution in [0.4, 0.5) is 0 Å². The highest BCUT2D eigenvalue weighted by atomic mass is 16.6. The van der Waals surface area contributed by atoms with Crippen LogP contribution < -0.4 is 9.47 Å². The van der Waals surface area contributed by atoms with Gasteiger partial charge >= 0.3 is 5.97 Å². The first-order valence-corrected chi connectivity index (χ1v) is 8.43. The minimum Gasteiger partial charge on any atom is -0.493 e. The Hall–Kier alpha value is -3.08. The SMILES string of the molecule is CCOc1cc(/C=C2\N=C(c3ccc(C)c(C)c3)OC2=O)ccc1OC. The number of hydrogen-bond donors (Lipinski definition) is 0. The molecule has 1 aliphatic heterocycles. The molecule has 0 saturated heterocycles. The molecule has 5 heteroatoms. The number of cyclic esters (lactones) is 1. The molecule has 5 nitrogen and oxygen atoms in total. The fourth-order valence-electron chi connectivity index (χ4n) is 2.62. The molecule has 0 radical (unpaired) electrons. The first kappa shape index (κ1) is 17.7. The van der Waals surface area contributed by atoms with Gasteiger partial charge in [0.2, 0.25) is 5.90 Å². The monoisotopic (exact) mass is 351 g/mol. The summed E-state index contributed by atoms with van der Waals surface area (Å²) in [5, 5.41) is 0. The molecule has 26 heavy (non-hydrogen) atoms. The Morgan fingerprint density at radius 2 is 1.88 bits per heavy atom. The lowest BCUT2D eigenvalue weighted by Crippen LogP contribution is -2.05. The average molecular weight is 351 g/mol. The molecular formula is C21H21NO4. The van der Waals surface area contributed by atoms with E-state index < -0.39 is 5.97 Å². The number of carbonyl (C=O) groups is 1. The van der Waals surface area contributed by atoms with E-state index in [1.165, 1.54) is 5.56 Å². The molecule has 0 amide bonds. The molecule has 3 rings (SSSR count). The number of aliphatic imine (C=N–C) groups is 1. The van der Waals surface area contributed by atoms with Gasteiger partial charge in [0.25, 0.3) is 0 Å². The van der Waals surface area contributed by atoms with Crippen LogP contribution in [0.5, 0.6) is 11.5 Å². The van der Waals surface area contributed by atoms with Gasteiger partial charge in [-0.3, -0.25) is 0 Å². The fraction of sp³-hybridized carbons (Fsp3) is 0.238. The van der Waals surface area contributed by atoms with E-state index in [1.807, 2.05) is 51.1 Å². The lowest BCUT2D eigenvalue weighted by Gasteiger charge is -2.09. The molecule has 1 aliphatic rings. The first-order chi connectivity index (χ1) is 12.5. The Balaban J connectivity index is 1.93. The van der Waals surface area contributed by atoms with Crippen LogP contribution in [0.1, 0.15) is 29.2 Å². The summed E-state index contributed by atoms with van der Waals surface area (Å²) >= 11 is 0. The smallest absolute Gasteiger partial charge is 0.363 e. The van der Waals surface area contributed by atoms with Crippen LogP contribution in [0, 0.1) is 13.8 Å². The van der Waals surface area contributed by atoms with Crippen LogP contribution in [0.2, 0.25) is 0 Å². The molecule has 0 atom stereocenters. The van der Waals surface area contributed by atoms with E-state index in [0.717, 1.165) is 16.7 Å². The number of hydrogen-bond acceptors (Lipinski definition) is 5. The Morgan fingerprint density at radius 1 is 1.08 bits per heavy atom. The van der Waals surface area contributed by atoms with Gasteiger partial charge in [-0.15, -0.1) is 0 Å². The second kappa shape index (κ2) is 7.44. The van der Waals surface area contributed by atoms with E-state index in [1.54, 1.807) is 19.3 Å². The summed E-state index contributed by atoms with van der Waals surface area (Å²) in [5.41, 5.74) is 4.12.